The van der Waals surface area contributed by atoms with Crippen molar-refractivity contribution in [3.63, 3.8) is 0 Å². The van der Waals surface area contributed by atoms with Gasteiger partial charge in [0.05, 0.1) is 0 Å². The fourth-order valence-electron chi connectivity index (χ4n) is 0.758. The first-order chi connectivity index (χ1) is 7.71. The van der Waals surface area contributed by atoms with Crippen molar-refractivity contribution < 1.29 is 26.4 Å². The molecule has 10 heteroatoms. The number of alkyl halides is 3. The van der Waals surface area contributed by atoms with E-state index in [1.54, 1.807) is 0 Å². The SMILES string of the molecule is O=S(=O)(NOCC(F)(F)F)c1ccc(Cl)nc1. The van der Waals surface area contributed by atoms with Crippen molar-refractivity contribution in [3.05, 3.63) is 23.5 Å². The Hall–Kier alpha value is -0.900. The van der Waals surface area contributed by atoms with Crippen molar-refractivity contribution in [1.29, 1.82) is 0 Å². The molecule has 0 saturated heterocycles. The van der Waals surface area contributed by atoms with Gasteiger partial charge in [-0.3, -0.25) is 4.84 Å². The second-order valence-electron chi connectivity index (χ2n) is 2.81. The van der Waals surface area contributed by atoms with E-state index in [0.29, 0.717) is 0 Å². The summed E-state index contributed by atoms with van der Waals surface area (Å²) in [5.74, 6) is 0. The molecule has 0 saturated carbocycles. The molecule has 0 spiro atoms. The van der Waals surface area contributed by atoms with E-state index in [1.807, 2.05) is 0 Å². The van der Waals surface area contributed by atoms with E-state index >= 15 is 0 Å². The number of pyridine rings is 1. The average molecular weight is 291 g/mol. The van der Waals surface area contributed by atoms with Crippen LogP contribution < -0.4 is 4.89 Å². The van der Waals surface area contributed by atoms with Crippen molar-refractivity contribution >= 4 is 21.6 Å². The minimum Gasteiger partial charge on any atom is -0.277 e. The minimum absolute atomic E-state index is 0.0557. The normalized spacial score (nSPS) is 12.7. The van der Waals surface area contributed by atoms with Gasteiger partial charge in [0.15, 0.2) is 6.61 Å². The highest BCUT2D eigenvalue weighted by molar-refractivity contribution is 7.89. The third-order valence-corrected chi connectivity index (χ3v) is 2.84. The Morgan fingerprint density at radius 2 is 2.06 bits per heavy atom. The van der Waals surface area contributed by atoms with Crippen LogP contribution in [0.25, 0.3) is 0 Å². The van der Waals surface area contributed by atoms with Gasteiger partial charge in [0.1, 0.15) is 10.0 Å². The number of rotatable bonds is 4. The van der Waals surface area contributed by atoms with E-state index in [0.717, 1.165) is 12.3 Å². The van der Waals surface area contributed by atoms with Gasteiger partial charge in [0, 0.05) is 6.20 Å². The molecule has 0 amide bonds. The number of nitrogens with one attached hydrogen (secondary N) is 1. The molecule has 0 aliphatic rings. The molecule has 0 fully saturated rings. The van der Waals surface area contributed by atoms with Crippen LogP contribution in [-0.2, 0) is 14.9 Å². The zero-order chi connectivity index (χ0) is 13.1. The molecule has 0 aliphatic carbocycles. The van der Waals surface area contributed by atoms with E-state index in [2.05, 4.69) is 9.82 Å². The second kappa shape index (κ2) is 5.17. The van der Waals surface area contributed by atoms with Crippen LogP contribution in [0.4, 0.5) is 13.2 Å². The summed E-state index contributed by atoms with van der Waals surface area (Å²) >= 11 is 5.42. The van der Waals surface area contributed by atoms with Crippen molar-refractivity contribution in [3.8, 4) is 0 Å². The highest BCUT2D eigenvalue weighted by Crippen LogP contribution is 2.15. The summed E-state index contributed by atoms with van der Waals surface area (Å²) in [5, 5.41) is 0.0557. The predicted octanol–water partition coefficient (Wildman–Crippen LogP) is 1.51. The molecule has 0 aromatic carbocycles. The fourth-order valence-corrected chi connectivity index (χ4v) is 1.62. The van der Waals surface area contributed by atoms with Gasteiger partial charge in [-0.25, -0.2) is 13.4 Å². The Balaban J connectivity index is 2.66. The van der Waals surface area contributed by atoms with Crippen LogP contribution in [0.1, 0.15) is 0 Å². The molecule has 5 nitrogen and oxygen atoms in total. The molecule has 0 radical (unpaired) electrons. The van der Waals surface area contributed by atoms with Gasteiger partial charge in [0.25, 0.3) is 10.0 Å². The lowest BCUT2D eigenvalue weighted by atomic mass is 10.5. The van der Waals surface area contributed by atoms with Crippen molar-refractivity contribution in [2.45, 2.75) is 11.1 Å². The summed E-state index contributed by atoms with van der Waals surface area (Å²) in [6.45, 7) is -1.73. The first-order valence-electron chi connectivity index (χ1n) is 4.03. The summed E-state index contributed by atoms with van der Waals surface area (Å²) in [6.07, 6.45) is -3.73. The Bertz CT molecular complexity index is 474. The fraction of sp³-hybridized carbons (Fsp3) is 0.286. The first kappa shape index (κ1) is 14.2. The highest BCUT2D eigenvalue weighted by atomic mass is 35.5. The molecule has 0 bridgehead atoms. The third kappa shape index (κ3) is 4.86. The van der Waals surface area contributed by atoms with Crippen LogP contribution in [0.3, 0.4) is 0 Å². The molecule has 1 N–H and O–H groups in total. The Labute approximate surface area is 99.6 Å². The lowest BCUT2D eigenvalue weighted by Gasteiger charge is -2.08. The molecular formula is C7H6ClF3N2O3S. The van der Waals surface area contributed by atoms with Crippen molar-refractivity contribution in [2.75, 3.05) is 6.61 Å². The van der Waals surface area contributed by atoms with Crippen LogP contribution in [0.5, 0.6) is 0 Å². The quantitative estimate of drug-likeness (QED) is 0.674. The molecule has 0 unspecified atom stereocenters. The van der Waals surface area contributed by atoms with Gasteiger partial charge in [-0.1, -0.05) is 16.5 Å². The van der Waals surface area contributed by atoms with Crippen LogP contribution in [-0.4, -0.2) is 26.2 Å². The standard InChI is InChI=1S/C7H6ClF3N2O3S/c8-6-2-1-5(3-12-6)17(14,15)13-16-4-7(9,10)11/h1-3,13H,4H2. The second-order valence-corrected chi connectivity index (χ2v) is 4.84. The molecule has 1 aromatic heterocycles. The van der Waals surface area contributed by atoms with Crippen LogP contribution >= 0.6 is 11.6 Å². The highest BCUT2D eigenvalue weighted by Gasteiger charge is 2.29. The first-order valence-corrected chi connectivity index (χ1v) is 5.89. The van der Waals surface area contributed by atoms with Gasteiger partial charge < -0.3 is 0 Å². The van der Waals surface area contributed by atoms with Gasteiger partial charge in [-0.15, -0.1) is 0 Å². The summed E-state index contributed by atoms with van der Waals surface area (Å²) in [4.78, 5) is 8.26. The maximum atomic E-state index is 11.7. The summed E-state index contributed by atoms with van der Waals surface area (Å²) in [6, 6.07) is 2.26. The van der Waals surface area contributed by atoms with Crippen molar-refractivity contribution in [2.24, 2.45) is 0 Å². The lowest BCUT2D eigenvalue weighted by molar-refractivity contribution is -0.181. The summed E-state index contributed by atoms with van der Waals surface area (Å²) in [7, 11) is -4.19. The number of halogens is 4. The zero-order valence-electron chi connectivity index (χ0n) is 8.03. The van der Waals surface area contributed by atoms with E-state index in [1.165, 1.54) is 11.0 Å². The van der Waals surface area contributed by atoms with Gasteiger partial charge in [0.2, 0.25) is 0 Å². The van der Waals surface area contributed by atoms with E-state index < -0.39 is 22.8 Å². The van der Waals surface area contributed by atoms with Crippen LogP contribution in [0.2, 0.25) is 5.15 Å². The smallest absolute Gasteiger partial charge is 0.277 e. The average Bonchev–Trinajstić information content (AvgIpc) is 2.15. The van der Waals surface area contributed by atoms with Crippen molar-refractivity contribution in [1.82, 2.24) is 9.87 Å². The Kier molecular flexibility index (Phi) is 4.31. The topological polar surface area (TPSA) is 68.3 Å². The van der Waals surface area contributed by atoms with E-state index in [9.17, 15) is 21.6 Å². The Morgan fingerprint density at radius 1 is 1.41 bits per heavy atom. The molecular weight excluding hydrogens is 285 g/mol. The van der Waals surface area contributed by atoms with Gasteiger partial charge in [-0.05, 0) is 12.1 Å². The maximum absolute atomic E-state index is 11.7. The zero-order valence-corrected chi connectivity index (χ0v) is 9.60. The molecule has 1 heterocycles. The largest absolute Gasteiger partial charge is 0.413 e. The third-order valence-electron chi connectivity index (χ3n) is 1.42. The molecule has 17 heavy (non-hydrogen) atoms. The van der Waals surface area contributed by atoms with Crippen LogP contribution in [0, 0.1) is 0 Å². The van der Waals surface area contributed by atoms with E-state index in [-0.39, 0.29) is 10.0 Å². The Morgan fingerprint density at radius 3 is 2.53 bits per heavy atom. The number of hydrogen-bond donors (Lipinski definition) is 1. The lowest BCUT2D eigenvalue weighted by Crippen LogP contribution is -2.29. The molecule has 1 aromatic rings. The van der Waals surface area contributed by atoms with E-state index in [4.69, 9.17) is 11.6 Å². The predicted molar refractivity (Wildman–Crippen MR) is 51.6 cm³/mol. The van der Waals surface area contributed by atoms with Crippen LogP contribution in [0.15, 0.2) is 23.2 Å². The molecule has 0 aliphatic heterocycles. The molecule has 96 valence electrons. The summed E-state index contributed by atoms with van der Waals surface area (Å²) in [5.41, 5.74) is 0. The van der Waals surface area contributed by atoms with Gasteiger partial charge >= 0.3 is 6.18 Å². The maximum Gasteiger partial charge on any atom is 0.413 e. The molecule has 0 atom stereocenters. The molecule has 1 rings (SSSR count). The van der Waals surface area contributed by atoms with Gasteiger partial charge in [-0.2, -0.15) is 13.2 Å². The minimum atomic E-state index is -4.62. The number of hydrogen-bond acceptors (Lipinski definition) is 4. The number of nitrogens with zero attached hydrogens (tertiary/aromatic N) is 1. The number of aromatic nitrogens is 1. The summed E-state index contributed by atoms with van der Waals surface area (Å²) < 4.78 is 57.8. The monoisotopic (exact) mass is 290 g/mol. The number of sulfonamides is 1.